The quantitative estimate of drug-likeness (QED) is 0.710. The molecule has 0 aliphatic heterocycles. The summed E-state index contributed by atoms with van der Waals surface area (Å²) in [6.45, 7) is 0. The Kier molecular flexibility index (Phi) is 5.23. The molecule has 0 N–H and O–H groups in total. The number of halogens is 3. The average molecular weight is 428 g/mol. The van der Waals surface area contributed by atoms with Gasteiger partial charge in [0.05, 0.1) is 34.1 Å². The molecular formula is C20H23F3N2O3S. The Hall–Kier alpha value is -1.87. The van der Waals surface area contributed by atoms with E-state index in [-0.39, 0.29) is 24.2 Å². The summed E-state index contributed by atoms with van der Waals surface area (Å²) in [5.74, 6) is 0. The lowest BCUT2D eigenvalue weighted by atomic mass is 9.96. The molecule has 1 aromatic heterocycles. The van der Waals surface area contributed by atoms with E-state index in [0.29, 0.717) is 18.4 Å². The van der Waals surface area contributed by atoms with Gasteiger partial charge in [0.1, 0.15) is 0 Å². The van der Waals surface area contributed by atoms with Crippen LogP contribution in [0, 0.1) is 0 Å². The molecule has 2 aromatic rings. The van der Waals surface area contributed by atoms with Crippen molar-refractivity contribution in [3.63, 3.8) is 0 Å². The second-order valence-corrected chi connectivity index (χ2v) is 10.1. The van der Waals surface area contributed by atoms with Gasteiger partial charge in [-0.1, -0.05) is 6.07 Å². The molecule has 2 saturated carbocycles. The van der Waals surface area contributed by atoms with Crippen LogP contribution in [0.3, 0.4) is 0 Å². The van der Waals surface area contributed by atoms with Gasteiger partial charge in [0, 0.05) is 18.8 Å². The van der Waals surface area contributed by atoms with Crippen LogP contribution in [0.25, 0.3) is 11.1 Å². The van der Waals surface area contributed by atoms with Crippen LogP contribution in [0.2, 0.25) is 0 Å². The molecule has 1 heterocycles. The molecule has 29 heavy (non-hydrogen) atoms. The van der Waals surface area contributed by atoms with E-state index < -0.39 is 31.7 Å². The predicted octanol–water partition coefficient (Wildman–Crippen LogP) is 4.37. The zero-order valence-electron chi connectivity index (χ0n) is 16.0. The molecule has 1 aromatic carbocycles. The van der Waals surface area contributed by atoms with Gasteiger partial charge in [0.25, 0.3) is 0 Å². The molecule has 0 radical (unpaired) electrons. The van der Waals surface area contributed by atoms with Crippen LogP contribution >= 0.6 is 0 Å². The van der Waals surface area contributed by atoms with Crippen molar-refractivity contribution >= 4 is 9.84 Å². The number of sulfone groups is 1. The van der Waals surface area contributed by atoms with E-state index in [1.165, 1.54) is 16.9 Å². The summed E-state index contributed by atoms with van der Waals surface area (Å²) in [5.41, 5.74) is -0.346. The Morgan fingerprint density at radius 1 is 1.10 bits per heavy atom. The third kappa shape index (κ3) is 4.07. The van der Waals surface area contributed by atoms with E-state index in [4.69, 9.17) is 4.74 Å². The van der Waals surface area contributed by atoms with Crippen molar-refractivity contribution in [2.24, 2.45) is 7.05 Å². The predicted molar refractivity (Wildman–Crippen MR) is 101 cm³/mol. The molecule has 0 spiro atoms. The van der Waals surface area contributed by atoms with Gasteiger partial charge in [-0.05, 0) is 56.2 Å². The van der Waals surface area contributed by atoms with Crippen molar-refractivity contribution in [1.82, 2.24) is 9.78 Å². The second kappa shape index (κ2) is 7.43. The van der Waals surface area contributed by atoms with Crippen molar-refractivity contribution in [2.45, 2.75) is 67.1 Å². The van der Waals surface area contributed by atoms with Crippen molar-refractivity contribution < 1.29 is 26.3 Å². The van der Waals surface area contributed by atoms with Crippen LogP contribution in [-0.2, 0) is 27.8 Å². The monoisotopic (exact) mass is 428 g/mol. The number of benzene rings is 1. The molecule has 5 nitrogen and oxygen atoms in total. The van der Waals surface area contributed by atoms with Gasteiger partial charge < -0.3 is 4.74 Å². The molecule has 2 aliphatic rings. The van der Waals surface area contributed by atoms with Gasteiger partial charge >= 0.3 is 6.18 Å². The minimum Gasteiger partial charge on any atom is -0.375 e. The van der Waals surface area contributed by atoms with Crippen LogP contribution in [0.1, 0.15) is 44.1 Å². The first-order chi connectivity index (χ1) is 13.6. The van der Waals surface area contributed by atoms with E-state index in [9.17, 15) is 21.6 Å². The lowest BCUT2D eigenvalue weighted by Gasteiger charge is -2.29. The SMILES string of the molecule is Cn1cc(-c2ccc(S(=O)(=O)[C@@H]3CC[C@H](OC4CCC4)C3)c(C(F)(F)F)c2)cn1. The lowest BCUT2D eigenvalue weighted by Crippen LogP contribution is -2.28. The number of ether oxygens (including phenoxy) is 1. The molecule has 0 amide bonds. The molecule has 2 aliphatic carbocycles. The number of aryl methyl sites for hydroxylation is 1. The highest BCUT2D eigenvalue weighted by Crippen LogP contribution is 2.41. The summed E-state index contributed by atoms with van der Waals surface area (Å²) >= 11 is 0. The van der Waals surface area contributed by atoms with Crippen LogP contribution in [0.4, 0.5) is 13.2 Å². The smallest absolute Gasteiger partial charge is 0.375 e. The zero-order valence-corrected chi connectivity index (χ0v) is 16.8. The van der Waals surface area contributed by atoms with Gasteiger partial charge in [-0.3, -0.25) is 4.68 Å². The second-order valence-electron chi connectivity index (χ2n) is 7.90. The van der Waals surface area contributed by atoms with Crippen LogP contribution in [0.15, 0.2) is 35.5 Å². The number of rotatable bonds is 5. The van der Waals surface area contributed by atoms with Gasteiger partial charge in [-0.2, -0.15) is 18.3 Å². The van der Waals surface area contributed by atoms with Crippen molar-refractivity contribution in [2.75, 3.05) is 0 Å². The summed E-state index contributed by atoms with van der Waals surface area (Å²) < 4.78 is 74.8. The highest BCUT2D eigenvalue weighted by atomic mass is 32.2. The highest BCUT2D eigenvalue weighted by molar-refractivity contribution is 7.92. The fourth-order valence-corrected chi connectivity index (χ4v) is 6.03. The summed E-state index contributed by atoms with van der Waals surface area (Å²) in [4.78, 5) is -0.646. The zero-order chi connectivity index (χ0) is 20.8. The minimum absolute atomic E-state index is 0.172. The fraction of sp³-hybridized carbons (Fsp3) is 0.550. The first-order valence-corrected chi connectivity index (χ1v) is 11.3. The maximum absolute atomic E-state index is 13.8. The number of alkyl halides is 3. The summed E-state index contributed by atoms with van der Waals surface area (Å²) in [6.07, 6.45) is 2.43. The maximum Gasteiger partial charge on any atom is 0.417 e. The molecule has 0 saturated heterocycles. The standard InChI is InChI=1S/C20H23F3N2O3S/c1-25-12-14(11-24-25)13-5-8-19(18(9-13)20(21,22)23)29(26,27)17-7-6-16(10-17)28-15-3-2-4-15/h5,8-9,11-12,15-17H,2-4,6-7,10H2,1H3/t16-,17+/m0/s1. The topological polar surface area (TPSA) is 61.2 Å². The van der Waals surface area contributed by atoms with Crippen LogP contribution in [-0.4, -0.2) is 35.7 Å². The van der Waals surface area contributed by atoms with E-state index in [0.717, 1.165) is 31.4 Å². The Labute approximate surface area is 167 Å². The van der Waals surface area contributed by atoms with Gasteiger partial charge in [0.2, 0.25) is 0 Å². The number of hydrogen-bond donors (Lipinski definition) is 0. The molecule has 158 valence electrons. The number of nitrogens with zero attached hydrogens (tertiary/aromatic N) is 2. The number of hydrogen-bond acceptors (Lipinski definition) is 4. The Balaban J connectivity index is 1.64. The first-order valence-electron chi connectivity index (χ1n) is 9.74. The third-order valence-electron chi connectivity index (χ3n) is 5.84. The molecule has 9 heteroatoms. The van der Waals surface area contributed by atoms with E-state index in [1.807, 2.05) is 0 Å². The van der Waals surface area contributed by atoms with Gasteiger partial charge in [0.15, 0.2) is 9.84 Å². The van der Waals surface area contributed by atoms with Gasteiger partial charge in [-0.15, -0.1) is 0 Å². The Morgan fingerprint density at radius 2 is 1.86 bits per heavy atom. The number of aromatic nitrogens is 2. The highest BCUT2D eigenvalue weighted by Gasteiger charge is 2.43. The van der Waals surface area contributed by atoms with Crippen molar-refractivity contribution in [3.05, 3.63) is 36.2 Å². The normalized spacial score (nSPS) is 23.3. The largest absolute Gasteiger partial charge is 0.417 e. The van der Waals surface area contributed by atoms with Crippen molar-refractivity contribution in [1.29, 1.82) is 0 Å². The third-order valence-corrected chi connectivity index (χ3v) is 8.12. The fourth-order valence-electron chi connectivity index (χ4n) is 4.01. The van der Waals surface area contributed by atoms with Crippen molar-refractivity contribution in [3.8, 4) is 11.1 Å². The molecule has 0 unspecified atom stereocenters. The summed E-state index contributed by atoms with van der Waals surface area (Å²) in [7, 11) is -2.46. The summed E-state index contributed by atoms with van der Waals surface area (Å²) in [5, 5.41) is 3.12. The van der Waals surface area contributed by atoms with Crippen LogP contribution < -0.4 is 0 Å². The van der Waals surface area contributed by atoms with E-state index >= 15 is 0 Å². The minimum atomic E-state index is -4.78. The van der Waals surface area contributed by atoms with E-state index in [1.54, 1.807) is 13.2 Å². The molecule has 2 fully saturated rings. The molecular weight excluding hydrogens is 405 g/mol. The Morgan fingerprint density at radius 3 is 2.45 bits per heavy atom. The van der Waals surface area contributed by atoms with Gasteiger partial charge in [-0.25, -0.2) is 8.42 Å². The maximum atomic E-state index is 13.8. The average Bonchev–Trinajstić information content (AvgIpc) is 3.26. The lowest BCUT2D eigenvalue weighted by molar-refractivity contribution is -0.139. The van der Waals surface area contributed by atoms with E-state index in [2.05, 4.69) is 5.10 Å². The summed E-state index contributed by atoms with van der Waals surface area (Å²) in [6, 6.07) is 3.40. The molecule has 4 rings (SSSR count). The Bertz CT molecular complexity index is 997. The van der Waals surface area contributed by atoms with Crippen LogP contribution in [0.5, 0.6) is 0 Å². The molecule has 0 bridgehead atoms. The molecule has 2 atom stereocenters. The first kappa shape index (κ1) is 20.4.